The van der Waals surface area contributed by atoms with Crippen molar-refractivity contribution < 1.29 is 27.5 Å². The summed E-state index contributed by atoms with van der Waals surface area (Å²) < 4.78 is 40.0. The number of rotatable bonds is 7. The molecule has 2 aromatic rings. The highest BCUT2D eigenvalue weighted by Crippen LogP contribution is 2.33. The zero-order valence-corrected chi connectivity index (χ0v) is 22.6. The van der Waals surface area contributed by atoms with Gasteiger partial charge >= 0.3 is 0 Å². The molecule has 202 valence electrons. The number of nitrogens with one attached hydrogen (secondary N) is 1. The standard InChI is InChI=1S/C27H31FN4O5S/c1-18(2)32(20(4)33)23-9-8-21(19(3)16-23)10-15-38(35,36)31-13-11-27(12-14-31)26(34)29-25(30-27)22-6-5-7-24(17-22)37-28/h5-10,15-18H,11-14H2,1-4H3,(H,29,30,34)/b15-10+. The van der Waals surface area contributed by atoms with Crippen molar-refractivity contribution in [3.63, 3.8) is 0 Å². The van der Waals surface area contributed by atoms with Crippen LogP contribution in [0, 0.1) is 6.92 Å². The van der Waals surface area contributed by atoms with E-state index >= 15 is 0 Å². The van der Waals surface area contributed by atoms with Crippen molar-refractivity contribution in [2.75, 3.05) is 18.0 Å². The Hall–Kier alpha value is -3.57. The van der Waals surface area contributed by atoms with Gasteiger partial charge in [0.25, 0.3) is 5.91 Å². The Morgan fingerprint density at radius 2 is 1.92 bits per heavy atom. The minimum Gasteiger partial charge on any atom is -0.310 e. The Labute approximate surface area is 221 Å². The summed E-state index contributed by atoms with van der Waals surface area (Å²) in [6.07, 6.45) is 1.99. The average molecular weight is 543 g/mol. The van der Waals surface area contributed by atoms with Gasteiger partial charge in [0.1, 0.15) is 11.4 Å². The minimum absolute atomic E-state index is 0.00549. The van der Waals surface area contributed by atoms with Crippen LogP contribution < -0.4 is 15.2 Å². The first-order valence-electron chi connectivity index (χ1n) is 12.3. The van der Waals surface area contributed by atoms with E-state index in [9.17, 15) is 22.5 Å². The van der Waals surface area contributed by atoms with Crippen molar-refractivity contribution in [3.05, 3.63) is 64.6 Å². The van der Waals surface area contributed by atoms with Gasteiger partial charge in [0.05, 0.1) is 0 Å². The van der Waals surface area contributed by atoms with Gasteiger partial charge in [-0.1, -0.05) is 18.2 Å². The molecule has 0 unspecified atom stereocenters. The topological polar surface area (TPSA) is 108 Å². The number of amides is 2. The number of benzene rings is 2. The lowest BCUT2D eigenvalue weighted by molar-refractivity contribution is -0.125. The minimum atomic E-state index is -3.74. The van der Waals surface area contributed by atoms with Gasteiger partial charge in [-0.15, -0.1) is 0 Å². The molecular formula is C27H31FN4O5S. The molecule has 0 bridgehead atoms. The summed E-state index contributed by atoms with van der Waals surface area (Å²) in [7, 11) is -3.74. The molecular weight excluding hydrogens is 511 g/mol. The van der Waals surface area contributed by atoms with Crippen molar-refractivity contribution in [1.82, 2.24) is 9.62 Å². The van der Waals surface area contributed by atoms with E-state index in [4.69, 9.17) is 0 Å². The van der Waals surface area contributed by atoms with Crippen LogP contribution in [0.1, 0.15) is 50.3 Å². The highest BCUT2D eigenvalue weighted by atomic mass is 32.2. The first kappa shape index (κ1) is 27.5. The molecule has 1 saturated heterocycles. The zero-order chi connectivity index (χ0) is 27.7. The molecule has 1 spiro atoms. The van der Waals surface area contributed by atoms with E-state index in [1.165, 1.54) is 28.8 Å². The lowest BCUT2D eigenvalue weighted by atomic mass is 9.89. The first-order valence-corrected chi connectivity index (χ1v) is 13.8. The van der Waals surface area contributed by atoms with Gasteiger partial charge in [-0.25, -0.2) is 8.42 Å². The number of hydrogen-bond acceptors (Lipinski definition) is 6. The van der Waals surface area contributed by atoms with E-state index < -0.39 is 15.6 Å². The van der Waals surface area contributed by atoms with Crippen molar-refractivity contribution in [1.29, 1.82) is 0 Å². The Kier molecular flexibility index (Phi) is 7.70. The van der Waals surface area contributed by atoms with Crippen molar-refractivity contribution in [3.8, 4) is 5.75 Å². The highest BCUT2D eigenvalue weighted by Gasteiger charge is 2.47. The number of carbonyl (C=O) groups is 2. The molecule has 0 atom stereocenters. The molecule has 2 aliphatic rings. The monoisotopic (exact) mass is 542 g/mol. The number of hydrogen-bond donors (Lipinski definition) is 1. The maximum atomic E-state index is 13.1. The number of halogens is 1. The maximum Gasteiger partial charge on any atom is 0.253 e. The summed E-state index contributed by atoms with van der Waals surface area (Å²) in [5.74, 6) is -0.0647. The predicted octanol–water partition coefficient (Wildman–Crippen LogP) is 3.73. The van der Waals surface area contributed by atoms with E-state index in [0.29, 0.717) is 11.4 Å². The summed E-state index contributed by atoms with van der Waals surface area (Å²) >= 11 is 0. The molecule has 1 fully saturated rings. The van der Waals surface area contributed by atoms with E-state index in [1.54, 1.807) is 35.2 Å². The van der Waals surface area contributed by atoms with Crippen LogP contribution in [0.4, 0.5) is 10.2 Å². The number of aliphatic imine (C=N–C) groups is 1. The average Bonchev–Trinajstić information content (AvgIpc) is 3.18. The number of amidine groups is 1. The van der Waals surface area contributed by atoms with Gasteiger partial charge < -0.3 is 10.2 Å². The molecule has 0 aliphatic carbocycles. The smallest absolute Gasteiger partial charge is 0.253 e. The van der Waals surface area contributed by atoms with Gasteiger partial charge in [0.15, 0.2) is 5.75 Å². The van der Waals surface area contributed by atoms with Crippen molar-refractivity contribution in [2.45, 2.75) is 52.1 Å². The lowest BCUT2D eigenvalue weighted by Gasteiger charge is -2.34. The van der Waals surface area contributed by atoms with E-state index in [0.717, 1.165) is 16.8 Å². The summed E-state index contributed by atoms with van der Waals surface area (Å²) in [4.78, 5) is 34.9. The van der Waals surface area contributed by atoms with Crippen LogP contribution >= 0.6 is 0 Å². The molecule has 0 radical (unpaired) electrons. The number of anilines is 1. The van der Waals surface area contributed by atoms with Gasteiger partial charge in [-0.3, -0.25) is 19.5 Å². The normalized spacial score (nSPS) is 17.6. The van der Waals surface area contributed by atoms with E-state index in [1.807, 2.05) is 26.8 Å². The fraction of sp³-hybridized carbons (Fsp3) is 0.370. The fourth-order valence-corrected chi connectivity index (χ4v) is 6.06. The van der Waals surface area contributed by atoms with Crippen LogP contribution in [-0.2, 0) is 19.6 Å². The van der Waals surface area contributed by atoms with Gasteiger partial charge in [0, 0.05) is 47.2 Å². The quantitative estimate of drug-likeness (QED) is 0.574. The molecule has 2 aromatic carbocycles. The van der Waals surface area contributed by atoms with Crippen molar-refractivity contribution in [2.24, 2.45) is 4.99 Å². The van der Waals surface area contributed by atoms with Crippen LogP contribution in [0.15, 0.2) is 52.9 Å². The molecule has 2 heterocycles. The van der Waals surface area contributed by atoms with Crippen molar-refractivity contribution >= 4 is 39.4 Å². The molecule has 2 aliphatic heterocycles. The zero-order valence-electron chi connectivity index (χ0n) is 21.8. The van der Waals surface area contributed by atoms with Crippen LogP contribution in [0.2, 0.25) is 0 Å². The molecule has 38 heavy (non-hydrogen) atoms. The number of nitrogens with zero attached hydrogens (tertiary/aromatic N) is 3. The Balaban J connectivity index is 1.46. The largest absolute Gasteiger partial charge is 0.310 e. The molecule has 1 N–H and O–H groups in total. The second-order valence-corrected chi connectivity index (χ2v) is 11.6. The highest BCUT2D eigenvalue weighted by molar-refractivity contribution is 7.92. The van der Waals surface area contributed by atoms with Crippen LogP contribution in [0.25, 0.3) is 6.08 Å². The van der Waals surface area contributed by atoms with Gasteiger partial charge in [-0.05, 0) is 75.1 Å². The molecule has 2 amide bonds. The van der Waals surface area contributed by atoms with Gasteiger partial charge in [-0.2, -0.15) is 4.31 Å². The summed E-state index contributed by atoms with van der Waals surface area (Å²) in [5, 5.41) is 3.91. The van der Waals surface area contributed by atoms with Crippen LogP contribution in [0.3, 0.4) is 0 Å². The first-order chi connectivity index (χ1) is 18.0. The molecule has 0 aromatic heterocycles. The third-order valence-electron chi connectivity index (χ3n) is 6.89. The second kappa shape index (κ2) is 10.7. The molecule has 11 heteroatoms. The Morgan fingerprint density at radius 3 is 2.53 bits per heavy atom. The third-order valence-corrected chi connectivity index (χ3v) is 8.46. The lowest BCUT2D eigenvalue weighted by Crippen LogP contribution is -2.50. The number of carbonyl (C=O) groups excluding carboxylic acids is 2. The SMILES string of the molecule is CC(=O)N(c1ccc(/C=C/S(=O)(=O)N2CCC3(CC2)N=C(c2cccc(OF)c2)NC3=O)c(C)c1)C(C)C. The predicted molar refractivity (Wildman–Crippen MR) is 144 cm³/mol. The fourth-order valence-electron chi connectivity index (χ4n) is 4.88. The Bertz CT molecular complexity index is 1410. The second-order valence-electron chi connectivity index (χ2n) is 9.82. The van der Waals surface area contributed by atoms with E-state index in [2.05, 4.69) is 15.3 Å². The maximum absolute atomic E-state index is 13.1. The summed E-state index contributed by atoms with van der Waals surface area (Å²) in [6, 6.07) is 11.6. The summed E-state index contributed by atoms with van der Waals surface area (Å²) in [6.45, 7) is 7.50. The third kappa shape index (κ3) is 5.48. The molecule has 4 rings (SSSR count). The molecule has 0 saturated carbocycles. The van der Waals surface area contributed by atoms with Gasteiger partial charge in [0.2, 0.25) is 15.9 Å². The van der Waals surface area contributed by atoms with Crippen LogP contribution in [0.5, 0.6) is 5.75 Å². The Morgan fingerprint density at radius 1 is 1.21 bits per heavy atom. The summed E-state index contributed by atoms with van der Waals surface area (Å²) in [5.41, 5.74) is 1.75. The molecule has 9 nitrogen and oxygen atoms in total. The van der Waals surface area contributed by atoms with E-state index in [-0.39, 0.29) is 49.5 Å². The number of sulfonamides is 1. The number of piperidine rings is 1. The van der Waals surface area contributed by atoms with Crippen LogP contribution in [-0.4, -0.2) is 55.0 Å². The number of aryl methyl sites for hydroxylation is 1.